The molecule has 198 valence electrons. The number of hydrogen-bond donors (Lipinski definition) is 0. The Bertz CT molecular complexity index is 1270. The van der Waals surface area contributed by atoms with E-state index in [9.17, 15) is 19.2 Å². The molecule has 3 aromatic carbocycles. The van der Waals surface area contributed by atoms with Gasteiger partial charge in [0.25, 0.3) is 0 Å². The molecular weight excluding hydrogens is 488 g/mol. The van der Waals surface area contributed by atoms with Crippen molar-refractivity contribution in [1.29, 1.82) is 0 Å². The van der Waals surface area contributed by atoms with Gasteiger partial charge in [0.1, 0.15) is 11.5 Å². The van der Waals surface area contributed by atoms with Gasteiger partial charge in [-0.1, -0.05) is 36.4 Å². The van der Waals surface area contributed by atoms with Crippen LogP contribution in [0.2, 0.25) is 0 Å². The normalized spacial score (nSPS) is 11.2. The summed E-state index contributed by atoms with van der Waals surface area (Å²) in [5, 5.41) is 0. The SMILES string of the molecule is COC(=O)Cc1cc(OC(=O)c2ccccc2)cc(OC)c1C(=O)CCC[C@H](C)OC(=O)c1ccccc1. The highest BCUT2D eigenvalue weighted by molar-refractivity contribution is 6.01. The number of Topliss-reactive ketones (excluding diaryl/α,β-unsaturated/α-hetero) is 1. The van der Waals surface area contributed by atoms with Gasteiger partial charge in [-0.15, -0.1) is 0 Å². The molecule has 0 amide bonds. The molecule has 8 nitrogen and oxygen atoms in total. The van der Waals surface area contributed by atoms with Gasteiger partial charge in [0.05, 0.1) is 43.4 Å². The van der Waals surface area contributed by atoms with E-state index < -0.39 is 24.0 Å². The second-order valence-corrected chi connectivity index (χ2v) is 8.57. The van der Waals surface area contributed by atoms with Gasteiger partial charge < -0.3 is 18.9 Å². The zero-order valence-corrected chi connectivity index (χ0v) is 21.6. The highest BCUT2D eigenvalue weighted by atomic mass is 16.5. The van der Waals surface area contributed by atoms with Crippen LogP contribution in [-0.2, 0) is 20.7 Å². The van der Waals surface area contributed by atoms with Crippen LogP contribution in [0.25, 0.3) is 0 Å². The minimum absolute atomic E-state index is 0.126. The van der Waals surface area contributed by atoms with Crippen LogP contribution in [0.4, 0.5) is 0 Å². The predicted octanol–water partition coefficient (Wildman–Crippen LogP) is 5.23. The van der Waals surface area contributed by atoms with Crippen molar-refractivity contribution in [2.75, 3.05) is 14.2 Å². The number of benzene rings is 3. The maximum absolute atomic E-state index is 13.2. The molecule has 0 radical (unpaired) electrons. The lowest BCUT2D eigenvalue weighted by molar-refractivity contribution is -0.139. The molecule has 3 aromatic rings. The molecule has 0 unspecified atom stereocenters. The molecule has 0 aliphatic rings. The van der Waals surface area contributed by atoms with E-state index in [0.29, 0.717) is 29.5 Å². The van der Waals surface area contributed by atoms with Gasteiger partial charge in [0, 0.05) is 12.5 Å². The standard InChI is InChI=1S/C30H30O8/c1-20(37-29(33)21-12-6-4-7-13-21)11-10-16-25(31)28-23(18-27(32)36-3)17-24(19-26(28)35-2)38-30(34)22-14-8-5-9-15-22/h4-9,12-15,17,19-20H,10-11,16,18H2,1-3H3/t20-/m0/s1. The summed E-state index contributed by atoms with van der Waals surface area (Å²) in [6, 6.07) is 20.0. The number of ether oxygens (including phenoxy) is 4. The number of rotatable bonds is 12. The number of carbonyl (C=O) groups is 4. The second-order valence-electron chi connectivity index (χ2n) is 8.57. The number of hydrogen-bond acceptors (Lipinski definition) is 8. The van der Waals surface area contributed by atoms with Crippen LogP contribution in [0.5, 0.6) is 11.5 Å². The number of methoxy groups -OCH3 is 2. The predicted molar refractivity (Wildman–Crippen MR) is 140 cm³/mol. The van der Waals surface area contributed by atoms with Crippen LogP contribution in [0.3, 0.4) is 0 Å². The lowest BCUT2D eigenvalue weighted by Gasteiger charge is -2.16. The maximum atomic E-state index is 13.2. The number of esters is 3. The lowest BCUT2D eigenvalue weighted by atomic mass is 9.96. The smallest absolute Gasteiger partial charge is 0.343 e. The first-order valence-corrected chi connectivity index (χ1v) is 12.2. The van der Waals surface area contributed by atoms with Crippen LogP contribution in [-0.4, -0.2) is 44.0 Å². The van der Waals surface area contributed by atoms with Gasteiger partial charge >= 0.3 is 17.9 Å². The summed E-state index contributed by atoms with van der Waals surface area (Å²) in [6.45, 7) is 1.77. The van der Waals surface area contributed by atoms with Gasteiger partial charge in [0.15, 0.2) is 5.78 Å². The van der Waals surface area contributed by atoms with Crippen molar-refractivity contribution in [3.8, 4) is 11.5 Å². The summed E-state index contributed by atoms with van der Waals surface area (Å²) in [4.78, 5) is 50.1. The van der Waals surface area contributed by atoms with Gasteiger partial charge in [0.2, 0.25) is 0 Å². The zero-order valence-electron chi connectivity index (χ0n) is 21.6. The molecular formula is C30H30O8. The van der Waals surface area contributed by atoms with Crippen LogP contribution < -0.4 is 9.47 Å². The first-order chi connectivity index (χ1) is 18.3. The fraction of sp³-hybridized carbons (Fsp3) is 0.267. The monoisotopic (exact) mass is 518 g/mol. The Morgan fingerprint density at radius 3 is 2.00 bits per heavy atom. The number of carbonyl (C=O) groups excluding carboxylic acids is 4. The molecule has 0 heterocycles. The van der Waals surface area contributed by atoms with Crippen molar-refractivity contribution in [3.63, 3.8) is 0 Å². The molecule has 0 aromatic heterocycles. The van der Waals surface area contributed by atoms with Crippen molar-refractivity contribution in [1.82, 2.24) is 0 Å². The Kier molecular flexibility index (Phi) is 10.2. The van der Waals surface area contributed by atoms with E-state index in [-0.39, 0.29) is 35.7 Å². The molecule has 0 saturated heterocycles. The highest BCUT2D eigenvalue weighted by Crippen LogP contribution is 2.32. The van der Waals surface area contributed by atoms with E-state index in [1.165, 1.54) is 26.4 Å². The third-order valence-electron chi connectivity index (χ3n) is 5.77. The van der Waals surface area contributed by atoms with Gasteiger partial charge in [-0.05, 0) is 55.7 Å². The molecule has 0 fully saturated rings. The van der Waals surface area contributed by atoms with Crippen LogP contribution in [0.15, 0.2) is 72.8 Å². The summed E-state index contributed by atoms with van der Waals surface area (Å²) in [5.74, 6) is -1.53. The molecule has 0 N–H and O–H groups in total. The summed E-state index contributed by atoms with van der Waals surface area (Å²) in [6.07, 6.45) is 0.419. The summed E-state index contributed by atoms with van der Waals surface area (Å²) < 4.78 is 21.2. The van der Waals surface area contributed by atoms with Crippen molar-refractivity contribution in [2.24, 2.45) is 0 Å². The molecule has 8 heteroatoms. The van der Waals surface area contributed by atoms with E-state index in [2.05, 4.69) is 0 Å². The zero-order chi connectivity index (χ0) is 27.5. The third-order valence-corrected chi connectivity index (χ3v) is 5.77. The number of ketones is 1. The Morgan fingerprint density at radius 2 is 1.42 bits per heavy atom. The molecule has 38 heavy (non-hydrogen) atoms. The Labute approximate surface area is 221 Å². The fourth-order valence-electron chi connectivity index (χ4n) is 3.85. The molecule has 0 saturated carbocycles. The quantitative estimate of drug-likeness (QED) is 0.182. The van der Waals surface area contributed by atoms with Crippen molar-refractivity contribution < 1.29 is 38.1 Å². The largest absolute Gasteiger partial charge is 0.496 e. The third kappa shape index (κ3) is 7.77. The van der Waals surface area contributed by atoms with Gasteiger partial charge in [-0.3, -0.25) is 9.59 Å². The Hall–Kier alpha value is -4.46. The average molecular weight is 519 g/mol. The van der Waals surface area contributed by atoms with E-state index in [1.54, 1.807) is 61.5 Å². The lowest BCUT2D eigenvalue weighted by Crippen LogP contribution is -2.16. The summed E-state index contributed by atoms with van der Waals surface area (Å²) in [5.41, 5.74) is 1.34. The van der Waals surface area contributed by atoms with E-state index in [4.69, 9.17) is 18.9 Å². The molecule has 0 aliphatic heterocycles. The minimum Gasteiger partial charge on any atom is -0.496 e. The Balaban J connectivity index is 1.72. The average Bonchev–Trinajstić information content (AvgIpc) is 2.93. The van der Waals surface area contributed by atoms with Crippen molar-refractivity contribution in [3.05, 3.63) is 95.1 Å². The van der Waals surface area contributed by atoms with Crippen LogP contribution >= 0.6 is 0 Å². The fourth-order valence-corrected chi connectivity index (χ4v) is 3.85. The summed E-state index contributed by atoms with van der Waals surface area (Å²) >= 11 is 0. The Morgan fingerprint density at radius 1 is 0.816 bits per heavy atom. The van der Waals surface area contributed by atoms with E-state index >= 15 is 0 Å². The highest BCUT2D eigenvalue weighted by Gasteiger charge is 2.23. The topological polar surface area (TPSA) is 105 Å². The molecule has 0 spiro atoms. The van der Waals surface area contributed by atoms with E-state index in [0.717, 1.165) is 0 Å². The maximum Gasteiger partial charge on any atom is 0.343 e. The molecule has 0 bridgehead atoms. The van der Waals surface area contributed by atoms with Gasteiger partial charge in [-0.2, -0.15) is 0 Å². The van der Waals surface area contributed by atoms with Crippen molar-refractivity contribution in [2.45, 2.75) is 38.7 Å². The van der Waals surface area contributed by atoms with Crippen LogP contribution in [0, 0.1) is 0 Å². The minimum atomic E-state index is -0.588. The molecule has 3 rings (SSSR count). The summed E-state index contributed by atoms with van der Waals surface area (Å²) in [7, 11) is 2.64. The first-order valence-electron chi connectivity index (χ1n) is 12.2. The second kappa shape index (κ2) is 13.7. The molecule has 1 atom stereocenters. The molecule has 0 aliphatic carbocycles. The van der Waals surface area contributed by atoms with Crippen LogP contribution in [0.1, 0.15) is 62.8 Å². The first kappa shape index (κ1) is 28.1. The van der Waals surface area contributed by atoms with Gasteiger partial charge in [-0.25, -0.2) is 9.59 Å². The van der Waals surface area contributed by atoms with E-state index in [1.807, 2.05) is 6.07 Å². The van der Waals surface area contributed by atoms with Crippen molar-refractivity contribution >= 4 is 23.7 Å².